The molecule has 1 saturated carbocycles. The number of rotatable bonds is 6. The number of hydrogen-bond donors (Lipinski definition) is 1. The van der Waals surface area contributed by atoms with Gasteiger partial charge in [0, 0.05) is 6.04 Å². The van der Waals surface area contributed by atoms with Crippen molar-refractivity contribution in [2.75, 3.05) is 6.61 Å². The number of benzene rings is 1. The first-order valence-corrected chi connectivity index (χ1v) is 11.3. The van der Waals surface area contributed by atoms with Crippen LogP contribution >= 0.6 is 11.3 Å². The van der Waals surface area contributed by atoms with Crippen LogP contribution in [0.3, 0.4) is 0 Å². The summed E-state index contributed by atoms with van der Waals surface area (Å²) < 4.78 is 20.1. The van der Waals surface area contributed by atoms with Crippen LogP contribution < -0.4 is 20.1 Å². The van der Waals surface area contributed by atoms with E-state index in [0.717, 1.165) is 30.6 Å². The standard InChI is InChI=1S/C23H27FN2O4S/c1-3-30-22(28)13-21-26(14-20(27)25-18-7-5-4-6-15(18)2)23(29)19(31-21)12-16-8-10-17(24)11-9-16/h8-13,15,18H,3-7,14H2,1-2H3,(H,25,27)/b19-12-,21-13-/t15-,18-/m1/s1. The molecule has 1 aliphatic rings. The highest BCUT2D eigenvalue weighted by Gasteiger charge is 2.23. The van der Waals surface area contributed by atoms with Gasteiger partial charge in [-0.3, -0.25) is 14.2 Å². The molecule has 1 aromatic carbocycles. The Morgan fingerprint density at radius 1 is 1.26 bits per heavy atom. The minimum Gasteiger partial charge on any atom is -0.463 e. The predicted octanol–water partition coefficient (Wildman–Crippen LogP) is 1.92. The van der Waals surface area contributed by atoms with E-state index in [1.165, 1.54) is 29.2 Å². The van der Waals surface area contributed by atoms with Gasteiger partial charge in [0.1, 0.15) is 17.0 Å². The van der Waals surface area contributed by atoms with E-state index in [0.29, 0.717) is 20.7 Å². The average Bonchev–Trinajstić information content (AvgIpc) is 3.00. The zero-order chi connectivity index (χ0) is 22.4. The van der Waals surface area contributed by atoms with Crippen LogP contribution in [0.4, 0.5) is 4.39 Å². The highest BCUT2D eigenvalue weighted by Crippen LogP contribution is 2.23. The SMILES string of the molecule is CCOC(=O)/C=c1\s/c(=C\c2ccc(F)cc2)c(=O)n1CC(=O)N[C@@H]1CCCC[C@H]1C. The molecule has 8 heteroatoms. The lowest BCUT2D eigenvalue weighted by Crippen LogP contribution is -2.45. The fourth-order valence-corrected chi connectivity index (χ4v) is 4.75. The topological polar surface area (TPSA) is 77.4 Å². The Hall–Kier alpha value is -2.74. The maximum Gasteiger partial charge on any atom is 0.333 e. The van der Waals surface area contributed by atoms with Gasteiger partial charge in [-0.15, -0.1) is 11.3 Å². The quantitative estimate of drug-likeness (QED) is 0.688. The van der Waals surface area contributed by atoms with Crippen LogP contribution in [0.2, 0.25) is 0 Å². The van der Waals surface area contributed by atoms with Crippen LogP contribution in [-0.4, -0.2) is 29.1 Å². The maximum atomic E-state index is 13.2. The molecular weight excluding hydrogens is 419 g/mol. The molecule has 2 atom stereocenters. The molecule has 0 radical (unpaired) electrons. The minimum atomic E-state index is -0.577. The van der Waals surface area contributed by atoms with Crippen LogP contribution in [0.1, 0.15) is 45.1 Å². The molecule has 0 saturated heterocycles. The number of carbonyl (C=O) groups is 2. The van der Waals surface area contributed by atoms with E-state index in [1.54, 1.807) is 25.1 Å². The second-order valence-electron chi connectivity index (χ2n) is 7.72. The molecule has 3 rings (SSSR count). The smallest absolute Gasteiger partial charge is 0.333 e. The van der Waals surface area contributed by atoms with Crippen LogP contribution in [0.5, 0.6) is 0 Å². The summed E-state index contributed by atoms with van der Waals surface area (Å²) >= 11 is 1.09. The highest BCUT2D eigenvalue weighted by atomic mass is 32.1. The molecule has 31 heavy (non-hydrogen) atoms. The number of esters is 1. The van der Waals surface area contributed by atoms with Crippen molar-refractivity contribution in [2.24, 2.45) is 5.92 Å². The number of carbonyl (C=O) groups excluding carboxylic acids is 2. The van der Waals surface area contributed by atoms with Gasteiger partial charge in [-0.2, -0.15) is 0 Å². The summed E-state index contributed by atoms with van der Waals surface area (Å²) in [6.07, 6.45) is 7.09. The molecule has 166 valence electrons. The van der Waals surface area contributed by atoms with Crippen molar-refractivity contribution in [1.82, 2.24) is 9.88 Å². The fraction of sp³-hybridized carbons (Fsp3) is 0.435. The van der Waals surface area contributed by atoms with Crippen LogP contribution in [0.25, 0.3) is 12.2 Å². The first-order chi connectivity index (χ1) is 14.9. The van der Waals surface area contributed by atoms with Crippen molar-refractivity contribution in [2.45, 2.75) is 52.1 Å². The van der Waals surface area contributed by atoms with Crippen LogP contribution in [0.15, 0.2) is 29.1 Å². The third-order valence-electron chi connectivity index (χ3n) is 5.39. The Labute approximate surface area is 184 Å². The summed E-state index contributed by atoms with van der Waals surface area (Å²) in [6, 6.07) is 5.83. The Bertz CT molecular complexity index is 1100. The predicted molar refractivity (Wildman–Crippen MR) is 118 cm³/mol. The van der Waals surface area contributed by atoms with Gasteiger partial charge in [-0.05, 0) is 49.5 Å². The molecule has 2 aromatic rings. The molecule has 1 fully saturated rings. The van der Waals surface area contributed by atoms with Crippen LogP contribution in [-0.2, 0) is 20.9 Å². The van der Waals surface area contributed by atoms with E-state index in [4.69, 9.17) is 4.74 Å². The lowest BCUT2D eigenvalue weighted by Gasteiger charge is -2.29. The van der Waals surface area contributed by atoms with Gasteiger partial charge in [-0.25, -0.2) is 9.18 Å². The number of ether oxygens (including phenoxy) is 1. The summed E-state index contributed by atoms with van der Waals surface area (Å²) in [5.74, 6) is -0.812. The second-order valence-corrected chi connectivity index (χ2v) is 8.79. The van der Waals surface area contributed by atoms with Crippen molar-refractivity contribution in [1.29, 1.82) is 0 Å². The van der Waals surface area contributed by atoms with E-state index >= 15 is 0 Å². The maximum absolute atomic E-state index is 13.2. The molecular formula is C23H27FN2O4S. The molecule has 1 amide bonds. The van der Waals surface area contributed by atoms with Crippen molar-refractivity contribution in [3.8, 4) is 0 Å². The molecule has 6 nitrogen and oxygen atoms in total. The molecule has 1 aromatic heterocycles. The Morgan fingerprint density at radius 2 is 1.97 bits per heavy atom. The number of amides is 1. The molecule has 0 aliphatic heterocycles. The summed E-state index contributed by atoms with van der Waals surface area (Å²) in [5.41, 5.74) is 0.270. The summed E-state index contributed by atoms with van der Waals surface area (Å²) in [4.78, 5) is 37.7. The summed E-state index contributed by atoms with van der Waals surface area (Å²) in [5, 5.41) is 3.04. The van der Waals surface area contributed by atoms with E-state index in [1.807, 2.05) is 0 Å². The van der Waals surface area contributed by atoms with E-state index in [9.17, 15) is 18.8 Å². The summed E-state index contributed by atoms with van der Waals surface area (Å²) in [6.45, 7) is 3.84. The zero-order valence-electron chi connectivity index (χ0n) is 17.7. The van der Waals surface area contributed by atoms with Crippen molar-refractivity contribution >= 4 is 35.4 Å². The third-order valence-corrected chi connectivity index (χ3v) is 6.45. The van der Waals surface area contributed by atoms with E-state index in [2.05, 4.69) is 12.2 Å². The minimum absolute atomic E-state index is 0.0957. The highest BCUT2D eigenvalue weighted by molar-refractivity contribution is 7.07. The Morgan fingerprint density at radius 3 is 2.65 bits per heavy atom. The molecule has 0 unspecified atom stereocenters. The van der Waals surface area contributed by atoms with Gasteiger partial charge in [0.15, 0.2) is 0 Å². The number of nitrogens with zero attached hydrogens (tertiary/aromatic N) is 1. The largest absolute Gasteiger partial charge is 0.463 e. The van der Waals surface area contributed by atoms with Crippen molar-refractivity contribution in [3.05, 3.63) is 55.2 Å². The van der Waals surface area contributed by atoms with Gasteiger partial charge >= 0.3 is 5.97 Å². The number of nitrogens with one attached hydrogen (secondary N) is 1. The lowest BCUT2D eigenvalue weighted by atomic mass is 9.86. The van der Waals surface area contributed by atoms with Crippen molar-refractivity contribution in [3.63, 3.8) is 0 Å². The molecule has 1 aliphatic carbocycles. The first-order valence-electron chi connectivity index (χ1n) is 10.5. The monoisotopic (exact) mass is 446 g/mol. The van der Waals surface area contributed by atoms with Crippen LogP contribution in [0, 0.1) is 11.7 Å². The van der Waals surface area contributed by atoms with Gasteiger partial charge in [-0.1, -0.05) is 31.9 Å². The molecule has 0 bridgehead atoms. The lowest BCUT2D eigenvalue weighted by molar-refractivity contribution is -0.135. The molecule has 1 N–H and O–H groups in total. The second kappa shape index (κ2) is 10.5. The number of aromatic nitrogens is 1. The van der Waals surface area contributed by atoms with Crippen molar-refractivity contribution < 1.29 is 18.7 Å². The van der Waals surface area contributed by atoms with Gasteiger partial charge in [0.2, 0.25) is 5.91 Å². The third kappa shape index (κ3) is 6.13. The first kappa shape index (κ1) is 22.9. The van der Waals surface area contributed by atoms with Gasteiger partial charge in [0.25, 0.3) is 5.56 Å². The Balaban J connectivity index is 1.94. The average molecular weight is 447 g/mol. The number of hydrogen-bond acceptors (Lipinski definition) is 5. The zero-order valence-corrected chi connectivity index (χ0v) is 18.5. The summed E-state index contributed by atoms with van der Waals surface area (Å²) in [7, 11) is 0. The fourth-order valence-electron chi connectivity index (χ4n) is 3.71. The number of halogens is 1. The molecule has 1 heterocycles. The normalized spacial score (nSPS) is 20.0. The van der Waals surface area contributed by atoms with E-state index < -0.39 is 5.97 Å². The van der Waals surface area contributed by atoms with Gasteiger partial charge < -0.3 is 10.1 Å². The van der Waals surface area contributed by atoms with Gasteiger partial charge in [0.05, 0.1) is 17.2 Å². The Kier molecular flexibility index (Phi) is 7.79. The van der Waals surface area contributed by atoms with E-state index in [-0.39, 0.29) is 36.5 Å². The number of thiazole rings is 1. The molecule has 0 spiro atoms.